The van der Waals surface area contributed by atoms with Crippen molar-refractivity contribution in [2.24, 2.45) is 0 Å². The Morgan fingerprint density at radius 2 is 1.64 bits per heavy atom. The van der Waals surface area contributed by atoms with Crippen LogP contribution in [-0.4, -0.2) is 15.4 Å². The minimum absolute atomic E-state index is 0.137. The van der Waals surface area contributed by atoms with Gasteiger partial charge in [-0.3, -0.25) is 20.6 Å². The van der Waals surface area contributed by atoms with Crippen LogP contribution in [0.4, 0.5) is 5.69 Å². The van der Waals surface area contributed by atoms with Gasteiger partial charge in [0.2, 0.25) is 0 Å². The molecule has 0 aliphatic rings. The third-order valence-electron chi connectivity index (χ3n) is 0.967. The summed E-state index contributed by atoms with van der Waals surface area (Å²) in [6, 6.07) is 7.93. The van der Waals surface area contributed by atoms with Crippen molar-refractivity contribution in [1.29, 1.82) is 0 Å². The molecule has 5 heteroatoms. The van der Waals surface area contributed by atoms with Crippen LogP contribution in [0.2, 0.25) is 0 Å². The van der Waals surface area contributed by atoms with E-state index in [2.05, 4.69) is 0 Å². The fourth-order valence-corrected chi connectivity index (χ4v) is 0.550. The molecule has 0 heterocycles. The fourth-order valence-electron chi connectivity index (χ4n) is 0.550. The largest absolute Gasteiger partial charge is 0.269 e. The lowest BCUT2D eigenvalue weighted by molar-refractivity contribution is -0.384. The van der Waals surface area contributed by atoms with Crippen molar-refractivity contribution >= 4 is 5.69 Å². The van der Waals surface area contributed by atoms with Gasteiger partial charge in [-0.2, -0.15) is 0 Å². The minimum atomic E-state index is -0.417. The molecule has 0 atom stereocenters. The second-order valence-corrected chi connectivity index (χ2v) is 1.59. The van der Waals surface area contributed by atoms with Crippen molar-refractivity contribution in [2.75, 3.05) is 0 Å². The zero-order valence-corrected chi connectivity index (χ0v) is 5.54. The molecule has 0 fully saturated rings. The van der Waals surface area contributed by atoms with E-state index in [0.717, 1.165) is 0 Å². The second-order valence-electron chi connectivity index (χ2n) is 1.59. The van der Waals surface area contributed by atoms with E-state index in [0.29, 0.717) is 0 Å². The van der Waals surface area contributed by atoms with Crippen LogP contribution in [0.15, 0.2) is 30.3 Å². The highest BCUT2D eigenvalue weighted by Crippen LogP contribution is 2.06. The highest BCUT2D eigenvalue weighted by Gasteiger charge is 1.98. The molecule has 1 rings (SSSR count). The molecular formula is C6H7NO4. The van der Waals surface area contributed by atoms with E-state index in [1.54, 1.807) is 18.2 Å². The lowest BCUT2D eigenvalue weighted by atomic mass is 10.3. The summed E-state index contributed by atoms with van der Waals surface area (Å²) >= 11 is 0. The number of rotatable bonds is 1. The van der Waals surface area contributed by atoms with E-state index in [9.17, 15) is 10.1 Å². The third-order valence-corrected chi connectivity index (χ3v) is 0.967. The van der Waals surface area contributed by atoms with E-state index in [-0.39, 0.29) is 5.69 Å². The number of hydrogen-bond donors (Lipinski definition) is 2. The van der Waals surface area contributed by atoms with Gasteiger partial charge in [-0.05, 0) is 0 Å². The molecule has 0 aromatic heterocycles. The number of para-hydroxylation sites is 1. The van der Waals surface area contributed by atoms with Crippen LogP contribution < -0.4 is 0 Å². The van der Waals surface area contributed by atoms with Crippen molar-refractivity contribution in [3.8, 4) is 0 Å². The molecule has 1 aromatic rings. The monoisotopic (exact) mass is 157 g/mol. The number of nitro benzene ring substituents is 1. The Morgan fingerprint density at radius 3 is 1.91 bits per heavy atom. The van der Waals surface area contributed by atoms with Gasteiger partial charge in [0, 0.05) is 12.1 Å². The molecule has 0 spiro atoms. The normalized spacial score (nSPS) is 7.82. The van der Waals surface area contributed by atoms with E-state index in [1.165, 1.54) is 12.1 Å². The molecule has 2 N–H and O–H groups in total. The maximum atomic E-state index is 10.0. The molecular weight excluding hydrogens is 150 g/mol. The van der Waals surface area contributed by atoms with Gasteiger partial charge in [-0.25, -0.2) is 0 Å². The highest BCUT2D eigenvalue weighted by molar-refractivity contribution is 5.27. The van der Waals surface area contributed by atoms with Crippen molar-refractivity contribution in [3.05, 3.63) is 40.4 Å². The Hall–Kier alpha value is -1.46. The van der Waals surface area contributed by atoms with Crippen LogP contribution >= 0.6 is 0 Å². The summed E-state index contributed by atoms with van der Waals surface area (Å²) in [5.41, 5.74) is 0.137. The Kier molecular flexibility index (Phi) is 4.63. The van der Waals surface area contributed by atoms with Crippen LogP contribution in [0.3, 0.4) is 0 Å². The lowest BCUT2D eigenvalue weighted by Gasteiger charge is -1.85. The number of benzene rings is 1. The quantitative estimate of drug-likeness (QED) is 0.368. The minimum Gasteiger partial charge on any atom is -0.258 e. The second kappa shape index (κ2) is 5.33. The maximum absolute atomic E-state index is 10.0. The van der Waals surface area contributed by atoms with E-state index >= 15 is 0 Å². The van der Waals surface area contributed by atoms with Gasteiger partial charge in [0.25, 0.3) is 5.69 Å². The van der Waals surface area contributed by atoms with Crippen LogP contribution in [0, 0.1) is 10.1 Å². The summed E-state index contributed by atoms with van der Waals surface area (Å²) in [4.78, 5) is 9.59. The predicted molar refractivity (Wildman–Crippen MR) is 38.4 cm³/mol. The van der Waals surface area contributed by atoms with Gasteiger partial charge in [-0.15, -0.1) is 0 Å². The molecule has 0 aliphatic heterocycles. The number of nitrogens with zero attached hydrogens (tertiary/aromatic N) is 1. The average Bonchev–Trinajstić information content (AvgIpc) is 2.10. The molecule has 0 saturated heterocycles. The molecule has 0 unspecified atom stereocenters. The summed E-state index contributed by atoms with van der Waals surface area (Å²) in [6.07, 6.45) is 0. The SMILES string of the molecule is O=[N+]([O-])c1ccccc1.OO. The van der Waals surface area contributed by atoms with E-state index in [4.69, 9.17) is 10.5 Å². The average molecular weight is 157 g/mol. The Bertz CT molecular complexity index is 211. The highest BCUT2D eigenvalue weighted by atomic mass is 17.0. The Morgan fingerprint density at radius 1 is 1.18 bits per heavy atom. The Labute approximate surface area is 62.6 Å². The number of hydrogen-bond acceptors (Lipinski definition) is 4. The smallest absolute Gasteiger partial charge is 0.258 e. The molecule has 1 aromatic carbocycles. The lowest BCUT2D eigenvalue weighted by Crippen LogP contribution is -1.84. The van der Waals surface area contributed by atoms with Gasteiger partial charge in [-0.1, -0.05) is 18.2 Å². The van der Waals surface area contributed by atoms with Gasteiger partial charge >= 0.3 is 0 Å². The molecule has 0 aliphatic carbocycles. The maximum Gasteiger partial charge on any atom is 0.269 e. The Balaban J connectivity index is 0.000000461. The molecule has 0 radical (unpaired) electrons. The van der Waals surface area contributed by atoms with Crippen molar-refractivity contribution in [2.45, 2.75) is 0 Å². The van der Waals surface area contributed by atoms with Crippen molar-refractivity contribution in [3.63, 3.8) is 0 Å². The fraction of sp³-hybridized carbons (Fsp3) is 0. The van der Waals surface area contributed by atoms with Crippen molar-refractivity contribution < 1.29 is 15.4 Å². The van der Waals surface area contributed by atoms with Gasteiger partial charge in [0.1, 0.15) is 0 Å². The molecule has 60 valence electrons. The third kappa shape index (κ3) is 3.29. The first-order chi connectivity index (χ1) is 5.30. The first-order valence-corrected chi connectivity index (χ1v) is 2.70. The first kappa shape index (κ1) is 9.54. The molecule has 0 saturated carbocycles. The van der Waals surface area contributed by atoms with Crippen LogP contribution in [0.1, 0.15) is 0 Å². The summed E-state index contributed by atoms with van der Waals surface area (Å²) in [5.74, 6) is 0. The molecule has 11 heavy (non-hydrogen) atoms. The topological polar surface area (TPSA) is 83.6 Å². The predicted octanol–water partition coefficient (Wildman–Crippen LogP) is 1.61. The van der Waals surface area contributed by atoms with Crippen LogP contribution in [0.5, 0.6) is 0 Å². The van der Waals surface area contributed by atoms with Gasteiger partial charge in [0.05, 0.1) is 4.92 Å². The summed E-state index contributed by atoms with van der Waals surface area (Å²) < 4.78 is 0. The molecule has 5 nitrogen and oxygen atoms in total. The van der Waals surface area contributed by atoms with Crippen LogP contribution in [-0.2, 0) is 0 Å². The standard InChI is InChI=1S/C6H5NO2.H2O2/c8-7(9)6-4-2-1-3-5-6;1-2/h1-5H;1-2H. The van der Waals surface area contributed by atoms with Crippen LogP contribution in [0.25, 0.3) is 0 Å². The summed E-state index contributed by atoms with van der Waals surface area (Å²) in [7, 11) is 0. The summed E-state index contributed by atoms with van der Waals surface area (Å²) in [6.45, 7) is 0. The molecule has 0 amide bonds. The summed E-state index contributed by atoms with van der Waals surface area (Å²) in [5, 5.41) is 22.0. The van der Waals surface area contributed by atoms with Gasteiger partial charge < -0.3 is 0 Å². The van der Waals surface area contributed by atoms with E-state index in [1.807, 2.05) is 0 Å². The van der Waals surface area contributed by atoms with Crippen molar-refractivity contribution in [1.82, 2.24) is 0 Å². The van der Waals surface area contributed by atoms with E-state index < -0.39 is 4.92 Å². The molecule has 0 bridgehead atoms. The zero-order valence-electron chi connectivity index (χ0n) is 5.54. The number of nitro groups is 1. The first-order valence-electron chi connectivity index (χ1n) is 2.70. The zero-order chi connectivity index (χ0) is 8.69. The van der Waals surface area contributed by atoms with Gasteiger partial charge in [0.15, 0.2) is 0 Å². The number of non-ortho nitro benzene ring substituents is 1.